The second-order valence-electron chi connectivity index (χ2n) is 10.2. The van der Waals surface area contributed by atoms with Gasteiger partial charge in [0.25, 0.3) is 0 Å². The third-order valence-electron chi connectivity index (χ3n) is 7.55. The SMILES string of the molecule is COc1ccc2ncc(N(C)C)c(CCCC3(CO)CCN(CC#Cc4cc(F)cc(F)c4F)CC3)c2c1. The Bertz CT molecular complexity index is 1340. The summed E-state index contributed by atoms with van der Waals surface area (Å²) >= 11 is 0. The third kappa shape index (κ3) is 6.23. The van der Waals surface area contributed by atoms with Gasteiger partial charge < -0.3 is 14.7 Å². The number of aliphatic hydroxyl groups is 1. The molecule has 2 aromatic carbocycles. The summed E-state index contributed by atoms with van der Waals surface area (Å²) in [7, 11) is 5.69. The Kier molecular flexibility index (Phi) is 8.80. The van der Waals surface area contributed by atoms with Crippen molar-refractivity contribution >= 4 is 16.6 Å². The zero-order valence-corrected chi connectivity index (χ0v) is 22.2. The molecule has 202 valence electrons. The minimum atomic E-state index is -1.24. The van der Waals surface area contributed by atoms with Crippen molar-refractivity contribution in [2.24, 2.45) is 5.41 Å². The van der Waals surface area contributed by atoms with Crippen LogP contribution >= 0.6 is 0 Å². The van der Waals surface area contributed by atoms with Gasteiger partial charge in [-0.3, -0.25) is 9.88 Å². The number of aliphatic hydroxyl groups excluding tert-OH is 1. The molecule has 2 heterocycles. The molecule has 38 heavy (non-hydrogen) atoms. The monoisotopic (exact) mass is 525 g/mol. The highest BCUT2D eigenvalue weighted by Gasteiger charge is 2.33. The largest absolute Gasteiger partial charge is 0.497 e. The van der Waals surface area contributed by atoms with E-state index in [9.17, 15) is 18.3 Å². The Labute approximate surface area is 222 Å². The van der Waals surface area contributed by atoms with Crippen molar-refractivity contribution in [3.8, 4) is 17.6 Å². The Balaban J connectivity index is 1.39. The molecular formula is C30H34F3N3O2. The molecule has 1 aliphatic heterocycles. The maximum Gasteiger partial charge on any atom is 0.174 e. The lowest BCUT2D eigenvalue weighted by atomic mass is 9.75. The molecule has 0 amide bonds. The summed E-state index contributed by atoms with van der Waals surface area (Å²) in [6.07, 6.45) is 6.21. The van der Waals surface area contributed by atoms with E-state index >= 15 is 0 Å². The lowest BCUT2D eigenvalue weighted by Gasteiger charge is -2.40. The Hall–Kier alpha value is -3.28. The molecule has 1 fully saturated rings. The number of aromatic nitrogens is 1. The second-order valence-corrected chi connectivity index (χ2v) is 10.2. The number of halogens is 3. The van der Waals surface area contributed by atoms with E-state index in [4.69, 9.17) is 4.74 Å². The number of benzene rings is 2. The van der Waals surface area contributed by atoms with Gasteiger partial charge in [-0.25, -0.2) is 13.2 Å². The number of methoxy groups -OCH3 is 1. The minimum Gasteiger partial charge on any atom is -0.497 e. The minimum absolute atomic E-state index is 0.117. The number of pyridine rings is 1. The molecule has 1 saturated heterocycles. The molecule has 1 N–H and O–H groups in total. The molecule has 0 aliphatic carbocycles. The number of aryl methyl sites for hydroxylation is 1. The van der Waals surface area contributed by atoms with E-state index in [0.29, 0.717) is 12.6 Å². The van der Waals surface area contributed by atoms with Crippen LogP contribution in [-0.2, 0) is 6.42 Å². The number of fused-ring (bicyclic) bond motifs is 1. The van der Waals surface area contributed by atoms with Crippen molar-refractivity contribution in [2.45, 2.75) is 32.1 Å². The van der Waals surface area contributed by atoms with Gasteiger partial charge in [0, 0.05) is 32.2 Å². The first kappa shape index (κ1) is 27.7. The maximum atomic E-state index is 13.8. The predicted molar refractivity (Wildman–Crippen MR) is 144 cm³/mol. The summed E-state index contributed by atoms with van der Waals surface area (Å²) in [5.41, 5.74) is 2.79. The van der Waals surface area contributed by atoms with Crippen molar-refractivity contribution in [2.75, 3.05) is 52.3 Å². The van der Waals surface area contributed by atoms with Crippen LogP contribution in [0.2, 0.25) is 0 Å². The smallest absolute Gasteiger partial charge is 0.174 e. The highest BCUT2D eigenvalue weighted by Crippen LogP contribution is 2.37. The zero-order chi connectivity index (χ0) is 27.3. The molecule has 0 spiro atoms. The zero-order valence-electron chi connectivity index (χ0n) is 22.2. The van der Waals surface area contributed by atoms with Gasteiger partial charge in [-0.05, 0) is 80.4 Å². The number of ether oxygens (including phenoxy) is 1. The van der Waals surface area contributed by atoms with Gasteiger partial charge in [-0.15, -0.1) is 0 Å². The highest BCUT2D eigenvalue weighted by molar-refractivity contribution is 5.88. The molecule has 4 rings (SSSR count). The van der Waals surface area contributed by atoms with Gasteiger partial charge in [0.2, 0.25) is 0 Å². The van der Waals surface area contributed by atoms with E-state index < -0.39 is 17.5 Å². The topological polar surface area (TPSA) is 48.8 Å². The summed E-state index contributed by atoms with van der Waals surface area (Å²) < 4.78 is 46.1. The fourth-order valence-corrected chi connectivity index (χ4v) is 5.20. The van der Waals surface area contributed by atoms with Crippen LogP contribution in [0.4, 0.5) is 18.9 Å². The second kappa shape index (κ2) is 12.1. The molecule has 0 atom stereocenters. The van der Waals surface area contributed by atoms with Crippen LogP contribution in [0.1, 0.15) is 36.8 Å². The lowest BCUT2D eigenvalue weighted by molar-refractivity contribution is 0.0401. The van der Waals surface area contributed by atoms with Crippen LogP contribution in [0.15, 0.2) is 36.5 Å². The number of hydrogen-bond donors (Lipinski definition) is 1. The Morgan fingerprint density at radius 1 is 1.13 bits per heavy atom. The quantitative estimate of drug-likeness (QED) is 0.325. The molecule has 1 aliphatic rings. The number of piperidine rings is 1. The maximum absolute atomic E-state index is 13.8. The standard InChI is InChI=1S/C30H34F3N3O2/c1-35(2)28-19-34-27-9-8-23(38-3)18-25(27)24(28)7-4-10-30(20-37)11-14-36(15-12-30)13-5-6-21-16-22(31)17-26(32)29(21)33/h8-9,16-19,37H,4,7,10-15,20H2,1-3H3. The van der Waals surface area contributed by atoms with E-state index in [-0.39, 0.29) is 17.6 Å². The van der Waals surface area contributed by atoms with Crippen molar-refractivity contribution in [1.29, 1.82) is 0 Å². The van der Waals surface area contributed by atoms with Crippen LogP contribution in [-0.4, -0.2) is 62.4 Å². The summed E-state index contributed by atoms with van der Waals surface area (Å²) in [6.45, 7) is 1.98. The van der Waals surface area contributed by atoms with Gasteiger partial charge in [0.1, 0.15) is 11.6 Å². The van der Waals surface area contributed by atoms with Crippen molar-refractivity contribution in [3.63, 3.8) is 0 Å². The van der Waals surface area contributed by atoms with E-state index in [0.717, 1.165) is 73.6 Å². The van der Waals surface area contributed by atoms with E-state index in [1.807, 2.05) is 38.5 Å². The Morgan fingerprint density at radius 2 is 1.89 bits per heavy atom. The average Bonchev–Trinajstić information content (AvgIpc) is 2.91. The normalized spacial score (nSPS) is 15.2. The predicted octanol–water partition coefficient (Wildman–Crippen LogP) is 5.18. The number of anilines is 1. The summed E-state index contributed by atoms with van der Waals surface area (Å²) in [4.78, 5) is 8.82. The van der Waals surface area contributed by atoms with Crippen LogP contribution in [0.25, 0.3) is 10.9 Å². The van der Waals surface area contributed by atoms with Crippen LogP contribution in [0.5, 0.6) is 5.75 Å². The number of hydrogen-bond acceptors (Lipinski definition) is 5. The van der Waals surface area contributed by atoms with Crippen molar-refractivity contribution in [3.05, 3.63) is 65.1 Å². The van der Waals surface area contributed by atoms with E-state index in [2.05, 4.69) is 26.6 Å². The molecule has 1 aromatic heterocycles. The fraction of sp³-hybridized carbons (Fsp3) is 0.433. The number of likely N-dealkylation sites (tertiary alicyclic amines) is 1. The molecule has 0 saturated carbocycles. The molecular weight excluding hydrogens is 491 g/mol. The Morgan fingerprint density at radius 3 is 2.58 bits per heavy atom. The first-order valence-electron chi connectivity index (χ1n) is 12.8. The van der Waals surface area contributed by atoms with Crippen molar-refractivity contribution in [1.82, 2.24) is 9.88 Å². The van der Waals surface area contributed by atoms with Gasteiger partial charge >= 0.3 is 0 Å². The van der Waals surface area contributed by atoms with Crippen LogP contribution in [0, 0.1) is 34.7 Å². The molecule has 0 bridgehead atoms. The molecule has 3 aromatic rings. The third-order valence-corrected chi connectivity index (χ3v) is 7.55. The summed E-state index contributed by atoms with van der Waals surface area (Å²) in [5, 5.41) is 11.4. The van der Waals surface area contributed by atoms with Crippen LogP contribution < -0.4 is 9.64 Å². The van der Waals surface area contributed by atoms with E-state index in [1.54, 1.807) is 7.11 Å². The van der Waals surface area contributed by atoms with Gasteiger partial charge in [0.15, 0.2) is 11.6 Å². The van der Waals surface area contributed by atoms with Crippen molar-refractivity contribution < 1.29 is 23.0 Å². The molecule has 0 radical (unpaired) electrons. The van der Waals surface area contributed by atoms with E-state index in [1.165, 1.54) is 5.56 Å². The fourth-order valence-electron chi connectivity index (χ4n) is 5.20. The molecule has 8 heteroatoms. The molecule has 5 nitrogen and oxygen atoms in total. The number of rotatable bonds is 8. The molecule has 0 unspecified atom stereocenters. The van der Waals surface area contributed by atoms with Gasteiger partial charge in [0.05, 0.1) is 36.6 Å². The van der Waals surface area contributed by atoms with Gasteiger partial charge in [-0.2, -0.15) is 0 Å². The summed E-state index contributed by atoms with van der Waals surface area (Å²) in [6, 6.07) is 7.34. The first-order valence-corrected chi connectivity index (χ1v) is 12.8. The van der Waals surface area contributed by atoms with Crippen LogP contribution in [0.3, 0.4) is 0 Å². The average molecular weight is 526 g/mol. The van der Waals surface area contributed by atoms with Gasteiger partial charge in [-0.1, -0.05) is 11.8 Å². The lowest BCUT2D eigenvalue weighted by Crippen LogP contribution is -2.42. The first-order chi connectivity index (χ1) is 18.2. The highest BCUT2D eigenvalue weighted by atomic mass is 19.2. The number of nitrogens with zero attached hydrogens (tertiary/aromatic N) is 3. The summed E-state index contributed by atoms with van der Waals surface area (Å²) in [5.74, 6) is 2.97.